The van der Waals surface area contributed by atoms with Crippen LogP contribution >= 0.6 is 11.3 Å². The first-order valence-electron chi connectivity index (χ1n) is 6.74. The molecule has 1 saturated heterocycles. The Morgan fingerprint density at radius 2 is 2.30 bits per heavy atom. The van der Waals surface area contributed by atoms with Gasteiger partial charge < -0.3 is 10.1 Å². The van der Waals surface area contributed by atoms with E-state index in [1.807, 2.05) is 7.05 Å². The topological polar surface area (TPSA) is 58.6 Å². The Balaban J connectivity index is 2.17. The molecule has 1 aromatic heterocycles. The lowest BCUT2D eigenvalue weighted by molar-refractivity contribution is 0.0184. The minimum atomic E-state index is -3.39. The number of methoxy groups -OCH3 is 1. The quantitative estimate of drug-likeness (QED) is 0.894. The molecule has 2 atom stereocenters. The molecular weight excluding hydrogens is 296 g/mol. The minimum Gasteiger partial charge on any atom is -0.380 e. The van der Waals surface area contributed by atoms with Crippen LogP contribution in [-0.2, 0) is 21.3 Å². The van der Waals surface area contributed by atoms with Gasteiger partial charge >= 0.3 is 0 Å². The molecule has 0 aliphatic carbocycles. The molecule has 0 amide bonds. The lowest BCUT2D eigenvalue weighted by Crippen LogP contribution is -2.46. The summed E-state index contributed by atoms with van der Waals surface area (Å²) < 4.78 is 32.2. The predicted molar refractivity (Wildman–Crippen MR) is 80.4 cm³/mol. The zero-order valence-electron chi connectivity index (χ0n) is 12.1. The van der Waals surface area contributed by atoms with Crippen LogP contribution in [0.4, 0.5) is 0 Å². The van der Waals surface area contributed by atoms with E-state index in [2.05, 4.69) is 12.2 Å². The van der Waals surface area contributed by atoms with Crippen molar-refractivity contribution < 1.29 is 13.2 Å². The molecule has 2 heterocycles. The van der Waals surface area contributed by atoms with Crippen molar-refractivity contribution >= 4 is 21.4 Å². The second-order valence-electron chi connectivity index (χ2n) is 5.18. The molecular formula is C13H22N2O3S2. The average molecular weight is 318 g/mol. The number of thiophene rings is 1. The molecule has 5 nitrogen and oxygen atoms in total. The number of rotatable bonds is 5. The fourth-order valence-electron chi connectivity index (χ4n) is 2.44. The maximum absolute atomic E-state index is 12.6. The highest BCUT2D eigenvalue weighted by Crippen LogP contribution is 2.27. The molecule has 2 unspecified atom stereocenters. The number of piperidine rings is 1. The van der Waals surface area contributed by atoms with Gasteiger partial charge in [-0.25, -0.2) is 8.42 Å². The predicted octanol–water partition coefficient (Wildman–Crippen LogP) is 1.51. The molecule has 1 aliphatic heterocycles. The van der Waals surface area contributed by atoms with Crippen LogP contribution < -0.4 is 5.32 Å². The van der Waals surface area contributed by atoms with Crippen molar-refractivity contribution in [2.45, 2.75) is 30.9 Å². The van der Waals surface area contributed by atoms with Gasteiger partial charge in [0, 0.05) is 37.0 Å². The molecule has 7 heteroatoms. The Labute approximate surface area is 125 Å². The van der Waals surface area contributed by atoms with Crippen molar-refractivity contribution in [3.63, 3.8) is 0 Å². The number of ether oxygens (including phenoxy) is 1. The van der Waals surface area contributed by atoms with Crippen molar-refractivity contribution in [2.75, 3.05) is 27.2 Å². The van der Waals surface area contributed by atoms with Gasteiger partial charge in [0.2, 0.25) is 10.0 Å². The molecule has 1 fully saturated rings. The van der Waals surface area contributed by atoms with Crippen LogP contribution in [-0.4, -0.2) is 46.1 Å². The smallest absolute Gasteiger partial charge is 0.243 e. The lowest BCUT2D eigenvalue weighted by Gasteiger charge is -2.35. The Hall–Kier alpha value is -0.470. The van der Waals surface area contributed by atoms with Gasteiger partial charge in [-0.15, -0.1) is 11.3 Å². The summed E-state index contributed by atoms with van der Waals surface area (Å²) in [5.74, 6) is 0.397. The summed E-state index contributed by atoms with van der Waals surface area (Å²) in [5, 5.41) is 4.76. The van der Waals surface area contributed by atoms with Crippen LogP contribution in [0.15, 0.2) is 16.3 Å². The minimum absolute atomic E-state index is 0.0195. The fraction of sp³-hybridized carbons (Fsp3) is 0.692. The van der Waals surface area contributed by atoms with Gasteiger partial charge in [0.15, 0.2) is 0 Å². The number of hydrogen-bond acceptors (Lipinski definition) is 5. The van der Waals surface area contributed by atoms with Crippen molar-refractivity contribution in [3.8, 4) is 0 Å². The summed E-state index contributed by atoms with van der Waals surface area (Å²) in [5.41, 5.74) is 0. The molecule has 0 spiro atoms. The van der Waals surface area contributed by atoms with E-state index in [0.717, 1.165) is 11.3 Å². The molecule has 0 saturated carbocycles. The highest BCUT2D eigenvalue weighted by atomic mass is 32.2. The summed E-state index contributed by atoms with van der Waals surface area (Å²) >= 11 is 1.47. The average Bonchev–Trinajstić information content (AvgIpc) is 2.89. The van der Waals surface area contributed by atoms with Gasteiger partial charge in [-0.3, -0.25) is 0 Å². The second kappa shape index (κ2) is 6.53. The molecule has 1 N–H and O–H groups in total. The Morgan fingerprint density at radius 1 is 1.55 bits per heavy atom. The van der Waals surface area contributed by atoms with E-state index in [1.165, 1.54) is 11.3 Å². The molecule has 0 bridgehead atoms. The molecule has 1 aromatic rings. The van der Waals surface area contributed by atoms with Crippen LogP contribution in [0.1, 0.15) is 18.2 Å². The van der Waals surface area contributed by atoms with E-state index in [9.17, 15) is 8.42 Å². The van der Waals surface area contributed by atoms with E-state index < -0.39 is 10.0 Å². The third-order valence-electron chi connectivity index (χ3n) is 3.77. The summed E-state index contributed by atoms with van der Waals surface area (Å²) in [7, 11) is 0.106. The third-order valence-corrected chi connectivity index (χ3v) is 6.70. The van der Waals surface area contributed by atoms with Crippen LogP contribution in [0.2, 0.25) is 0 Å². The highest BCUT2D eigenvalue weighted by molar-refractivity contribution is 7.89. The van der Waals surface area contributed by atoms with Crippen molar-refractivity contribution in [2.24, 2.45) is 5.92 Å². The van der Waals surface area contributed by atoms with E-state index >= 15 is 0 Å². The Morgan fingerprint density at radius 3 is 2.95 bits per heavy atom. The van der Waals surface area contributed by atoms with E-state index in [0.29, 0.717) is 30.4 Å². The number of nitrogens with zero attached hydrogens (tertiary/aromatic N) is 1. The summed E-state index contributed by atoms with van der Waals surface area (Å²) in [4.78, 5) is 1.43. The number of nitrogens with one attached hydrogen (secondary N) is 1. The first-order valence-corrected chi connectivity index (χ1v) is 9.06. The van der Waals surface area contributed by atoms with Gasteiger partial charge in [-0.1, -0.05) is 6.92 Å². The molecule has 0 aromatic carbocycles. The zero-order valence-corrected chi connectivity index (χ0v) is 13.8. The maximum atomic E-state index is 12.6. The van der Waals surface area contributed by atoms with Crippen molar-refractivity contribution in [1.82, 2.24) is 9.62 Å². The molecule has 1 aliphatic rings. The molecule has 0 radical (unpaired) electrons. The van der Waals surface area contributed by atoms with Crippen molar-refractivity contribution in [3.05, 3.63) is 16.3 Å². The summed E-state index contributed by atoms with van der Waals surface area (Å²) in [6.07, 6.45) is 0.819. The van der Waals surface area contributed by atoms with Crippen LogP contribution in [0.3, 0.4) is 0 Å². The largest absolute Gasteiger partial charge is 0.380 e. The van der Waals surface area contributed by atoms with Crippen LogP contribution in [0, 0.1) is 5.92 Å². The van der Waals surface area contributed by atoms with Crippen molar-refractivity contribution in [1.29, 1.82) is 0 Å². The molecule has 2 rings (SSSR count). The van der Waals surface area contributed by atoms with Crippen LogP contribution in [0.5, 0.6) is 0 Å². The van der Waals surface area contributed by atoms with Gasteiger partial charge in [0.25, 0.3) is 0 Å². The monoisotopic (exact) mass is 318 g/mol. The normalized spacial score (nSPS) is 24.9. The number of sulfonamides is 1. The summed E-state index contributed by atoms with van der Waals surface area (Å²) in [6, 6.07) is 1.76. The Bertz CT molecular complexity index is 542. The highest BCUT2D eigenvalue weighted by Gasteiger charge is 2.34. The second-order valence-corrected chi connectivity index (χ2v) is 8.12. The molecule has 20 heavy (non-hydrogen) atoms. The van der Waals surface area contributed by atoms with E-state index in [1.54, 1.807) is 22.9 Å². The van der Waals surface area contributed by atoms with Gasteiger partial charge in [0.1, 0.15) is 0 Å². The fourth-order valence-corrected chi connectivity index (χ4v) is 5.18. The molecule has 114 valence electrons. The Kier molecular flexibility index (Phi) is 5.19. The first-order chi connectivity index (χ1) is 9.48. The maximum Gasteiger partial charge on any atom is 0.243 e. The SMILES string of the molecule is CNCc1cc(S(=O)(=O)N2CCC(C)C(OC)C2)cs1. The van der Waals surface area contributed by atoms with Gasteiger partial charge in [-0.2, -0.15) is 4.31 Å². The standard InChI is InChI=1S/C13H22N2O3S2/c1-10-4-5-15(8-13(10)18-3)20(16,17)12-6-11(7-14-2)19-9-12/h6,9-10,13-14H,4-5,7-8H2,1-3H3. The van der Waals surface area contributed by atoms with Crippen LogP contribution in [0.25, 0.3) is 0 Å². The summed E-state index contributed by atoms with van der Waals surface area (Å²) in [6.45, 7) is 3.81. The lowest BCUT2D eigenvalue weighted by atomic mass is 9.97. The van der Waals surface area contributed by atoms with Gasteiger partial charge in [0.05, 0.1) is 11.0 Å². The van der Waals surface area contributed by atoms with E-state index in [4.69, 9.17) is 4.74 Å². The third kappa shape index (κ3) is 3.23. The van der Waals surface area contributed by atoms with E-state index in [-0.39, 0.29) is 6.10 Å². The first kappa shape index (κ1) is 15.9. The number of hydrogen-bond donors (Lipinski definition) is 1. The zero-order chi connectivity index (χ0) is 14.8. The van der Waals surface area contributed by atoms with Gasteiger partial charge in [-0.05, 0) is 25.5 Å².